The van der Waals surface area contributed by atoms with E-state index in [1.54, 1.807) is 19.2 Å². The Labute approximate surface area is 81.6 Å². The average Bonchev–Trinajstić information content (AvgIpc) is 2.43. The summed E-state index contributed by atoms with van der Waals surface area (Å²) in [7, 11) is 1.84. The summed E-state index contributed by atoms with van der Waals surface area (Å²) < 4.78 is 1.82. The van der Waals surface area contributed by atoms with E-state index in [0.717, 1.165) is 16.9 Å². The Bertz CT molecular complexity index is 513. The van der Waals surface area contributed by atoms with Crippen molar-refractivity contribution in [3.05, 3.63) is 23.8 Å². The van der Waals surface area contributed by atoms with Crippen molar-refractivity contribution >= 4 is 16.8 Å². The van der Waals surface area contributed by atoms with E-state index in [0.29, 0.717) is 5.69 Å². The van der Waals surface area contributed by atoms with Gasteiger partial charge in [-0.05, 0) is 13.0 Å². The lowest BCUT2D eigenvalue weighted by atomic mass is 10.3. The van der Waals surface area contributed by atoms with Crippen LogP contribution in [-0.4, -0.2) is 20.3 Å². The van der Waals surface area contributed by atoms with E-state index in [9.17, 15) is 4.79 Å². The summed E-state index contributed by atoms with van der Waals surface area (Å²) in [5, 5.41) is 0. The Hall–Kier alpha value is -1.71. The smallest absolute Gasteiger partial charge is 0.176 e. The maximum absolute atomic E-state index is 11.3. The summed E-state index contributed by atoms with van der Waals surface area (Å²) in [6.07, 6.45) is 1.74. The first-order valence-corrected chi connectivity index (χ1v) is 4.39. The van der Waals surface area contributed by atoms with Gasteiger partial charge in [0.25, 0.3) is 0 Å². The molecule has 72 valence electrons. The third-order valence-electron chi connectivity index (χ3n) is 2.28. The van der Waals surface area contributed by atoms with Crippen molar-refractivity contribution in [2.24, 2.45) is 7.05 Å². The van der Waals surface area contributed by atoms with E-state index in [2.05, 4.69) is 9.97 Å². The number of ketones is 1. The van der Waals surface area contributed by atoms with Crippen LogP contribution in [0.5, 0.6) is 0 Å². The fraction of sp³-hybridized carbons (Fsp3) is 0.300. The molecule has 2 heterocycles. The van der Waals surface area contributed by atoms with Crippen molar-refractivity contribution in [2.45, 2.75) is 13.8 Å². The molecule has 0 bridgehead atoms. The van der Waals surface area contributed by atoms with Gasteiger partial charge in [-0.2, -0.15) is 0 Å². The number of fused-ring (bicyclic) bond motifs is 1. The molecular formula is C10H11N3O. The lowest BCUT2D eigenvalue weighted by Gasteiger charge is -1.98. The molecule has 0 saturated carbocycles. The third-order valence-corrected chi connectivity index (χ3v) is 2.28. The molecule has 2 aromatic heterocycles. The SMILES string of the molecule is CC(=O)c1cc2nc(C)ncc2n1C. The van der Waals surface area contributed by atoms with Crippen molar-refractivity contribution in [1.82, 2.24) is 14.5 Å². The molecule has 2 rings (SSSR count). The summed E-state index contributed by atoms with van der Waals surface area (Å²) in [5.41, 5.74) is 2.38. The summed E-state index contributed by atoms with van der Waals surface area (Å²) >= 11 is 0. The van der Waals surface area contributed by atoms with Crippen LogP contribution in [0.25, 0.3) is 11.0 Å². The fourth-order valence-corrected chi connectivity index (χ4v) is 1.54. The molecule has 0 amide bonds. The molecule has 0 N–H and O–H groups in total. The van der Waals surface area contributed by atoms with Gasteiger partial charge in [0.1, 0.15) is 5.82 Å². The lowest BCUT2D eigenvalue weighted by Crippen LogP contribution is -2.00. The summed E-state index contributed by atoms with van der Waals surface area (Å²) in [6.45, 7) is 3.38. The Morgan fingerprint density at radius 3 is 2.86 bits per heavy atom. The monoisotopic (exact) mass is 189 g/mol. The molecular weight excluding hydrogens is 178 g/mol. The number of rotatable bonds is 1. The number of hydrogen-bond acceptors (Lipinski definition) is 3. The number of nitrogens with zero attached hydrogens (tertiary/aromatic N) is 3. The van der Waals surface area contributed by atoms with Crippen LogP contribution in [0.1, 0.15) is 23.2 Å². The normalized spacial score (nSPS) is 10.8. The molecule has 0 spiro atoms. The Kier molecular flexibility index (Phi) is 1.84. The molecule has 4 nitrogen and oxygen atoms in total. The first-order valence-electron chi connectivity index (χ1n) is 4.39. The molecule has 0 aromatic carbocycles. The maximum Gasteiger partial charge on any atom is 0.176 e. The van der Waals surface area contributed by atoms with E-state index >= 15 is 0 Å². The molecule has 14 heavy (non-hydrogen) atoms. The zero-order valence-corrected chi connectivity index (χ0v) is 8.40. The van der Waals surface area contributed by atoms with Crippen LogP contribution in [0.3, 0.4) is 0 Å². The molecule has 0 radical (unpaired) electrons. The van der Waals surface area contributed by atoms with Crippen LogP contribution in [0.4, 0.5) is 0 Å². The summed E-state index contributed by atoms with van der Waals surface area (Å²) in [4.78, 5) is 19.6. The van der Waals surface area contributed by atoms with Gasteiger partial charge in [-0.1, -0.05) is 0 Å². The van der Waals surface area contributed by atoms with Gasteiger partial charge < -0.3 is 4.57 Å². The Morgan fingerprint density at radius 1 is 1.50 bits per heavy atom. The summed E-state index contributed by atoms with van der Waals surface area (Å²) in [5.74, 6) is 0.765. The first kappa shape index (κ1) is 8.87. The minimum Gasteiger partial charge on any atom is -0.339 e. The van der Waals surface area contributed by atoms with Crippen molar-refractivity contribution in [3.63, 3.8) is 0 Å². The van der Waals surface area contributed by atoms with Crippen molar-refractivity contribution in [2.75, 3.05) is 0 Å². The Balaban J connectivity index is 2.79. The Morgan fingerprint density at radius 2 is 2.21 bits per heavy atom. The quantitative estimate of drug-likeness (QED) is 0.638. The van der Waals surface area contributed by atoms with Crippen LogP contribution < -0.4 is 0 Å². The average molecular weight is 189 g/mol. The number of Topliss-reactive ketones (excluding diaryl/α,β-unsaturated/α-hetero) is 1. The molecule has 0 aliphatic rings. The van der Waals surface area contributed by atoms with Crippen LogP contribution in [0.2, 0.25) is 0 Å². The second-order valence-electron chi connectivity index (χ2n) is 3.33. The number of carbonyl (C=O) groups is 1. The van der Waals surface area contributed by atoms with E-state index in [-0.39, 0.29) is 5.78 Å². The van der Waals surface area contributed by atoms with Gasteiger partial charge >= 0.3 is 0 Å². The standard InChI is InChI=1S/C10H11N3O/c1-6(14)9-4-8-10(13(9)3)5-11-7(2)12-8/h4-5H,1-3H3. The van der Waals surface area contributed by atoms with Crippen molar-refractivity contribution in [1.29, 1.82) is 0 Å². The van der Waals surface area contributed by atoms with Crippen LogP contribution in [-0.2, 0) is 7.05 Å². The topological polar surface area (TPSA) is 47.8 Å². The van der Waals surface area contributed by atoms with E-state index in [1.807, 2.05) is 18.5 Å². The molecule has 0 unspecified atom stereocenters. The van der Waals surface area contributed by atoms with Crippen LogP contribution in [0.15, 0.2) is 12.3 Å². The van der Waals surface area contributed by atoms with E-state index in [4.69, 9.17) is 0 Å². The number of hydrogen-bond donors (Lipinski definition) is 0. The first-order chi connectivity index (χ1) is 6.59. The van der Waals surface area contributed by atoms with Crippen molar-refractivity contribution < 1.29 is 4.79 Å². The second kappa shape index (κ2) is 2.90. The highest BCUT2D eigenvalue weighted by molar-refractivity contribution is 5.97. The van der Waals surface area contributed by atoms with Gasteiger partial charge in [-0.25, -0.2) is 9.97 Å². The molecule has 4 heteroatoms. The van der Waals surface area contributed by atoms with Crippen molar-refractivity contribution in [3.8, 4) is 0 Å². The predicted molar refractivity (Wildman–Crippen MR) is 53.3 cm³/mol. The maximum atomic E-state index is 11.3. The van der Waals surface area contributed by atoms with Crippen LogP contribution >= 0.6 is 0 Å². The zero-order chi connectivity index (χ0) is 10.3. The number of aromatic nitrogens is 3. The largest absolute Gasteiger partial charge is 0.339 e. The van der Waals surface area contributed by atoms with Gasteiger partial charge in [0, 0.05) is 14.0 Å². The molecule has 0 saturated heterocycles. The molecule has 0 atom stereocenters. The third kappa shape index (κ3) is 1.19. The summed E-state index contributed by atoms with van der Waals surface area (Å²) in [6, 6.07) is 1.80. The van der Waals surface area contributed by atoms with E-state index in [1.165, 1.54) is 0 Å². The highest BCUT2D eigenvalue weighted by Gasteiger charge is 2.10. The number of carbonyl (C=O) groups excluding carboxylic acids is 1. The zero-order valence-electron chi connectivity index (χ0n) is 8.40. The predicted octanol–water partition coefficient (Wildman–Crippen LogP) is 1.48. The highest BCUT2D eigenvalue weighted by atomic mass is 16.1. The van der Waals surface area contributed by atoms with Gasteiger partial charge in [0.05, 0.1) is 22.9 Å². The lowest BCUT2D eigenvalue weighted by molar-refractivity contribution is 0.101. The molecule has 2 aromatic rings. The molecule has 0 fully saturated rings. The minimum atomic E-state index is 0.0446. The van der Waals surface area contributed by atoms with Gasteiger partial charge in [0.2, 0.25) is 0 Å². The fourth-order valence-electron chi connectivity index (χ4n) is 1.54. The molecule has 0 aliphatic carbocycles. The van der Waals surface area contributed by atoms with Gasteiger partial charge in [0.15, 0.2) is 5.78 Å². The molecule has 0 aliphatic heterocycles. The van der Waals surface area contributed by atoms with Gasteiger partial charge in [-0.15, -0.1) is 0 Å². The van der Waals surface area contributed by atoms with E-state index < -0.39 is 0 Å². The minimum absolute atomic E-state index is 0.0446. The number of aryl methyl sites for hydroxylation is 2. The second-order valence-corrected chi connectivity index (χ2v) is 3.33. The van der Waals surface area contributed by atoms with Crippen LogP contribution in [0, 0.1) is 6.92 Å². The van der Waals surface area contributed by atoms with Gasteiger partial charge in [-0.3, -0.25) is 4.79 Å². The highest BCUT2D eigenvalue weighted by Crippen LogP contribution is 2.16.